The molecule has 2 N–H and O–H groups in total. The Morgan fingerprint density at radius 2 is 1.81 bits per heavy atom. The van der Waals surface area contributed by atoms with E-state index in [4.69, 9.17) is 44.3 Å². The number of nitrogens with one attached hydrogen (secondary N) is 2. The summed E-state index contributed by atoms with van der Waals surface area (Å²) >= 11 is 18.4. The fourth-order valence-electron chi connectivity index (χ4n) is 3.59. The van der Waals surface area contributed by atoms with E-state index in [1.165, 1.54) is 16.7 Å². The molecule has 1 aromatic rings. The molecular weight excluding hydrogens is 553 g/mol. The number of nitrogens with zero attached hydrogens (tertiary/aromatic N) is 1. The van der Waals surface area contributed by atoms with Gasteiger partial charge in [0.1, 0.15) is 35.4 Å². The first-order chi connectivity index (χ1) is 16.7. The minimum atomic E-state index is -1.80. The maximum atomic E-state index is 13.3. The number of benzene rings is 1. The van der Waals surface area contributed by atoms with Gasteiger partial charge in [0.2, 0.25) is 9.70 Å². The van der Waals surface area contributed by atoms with Gasteiger partial charge in [-0.15, -0.1) is 11.8 Å². The van der Waals surface area contributed by atoms with Gasteiger partial charge in [0.25, 0.3) is 5.91 Å². The fourth-order valence-corrected chi connectivity index (χ4v) is 5.04. The number of esters is 1. The second-order valence-electron chi connectivity index (χ2n) is 9.21. The van der Waals surface area contributed by atoms with E-state index in [2.05, 4.69) is 10.6 Å². The molecule has 2 heterocycles. The predicted molar refractivity (Wildman–Crippen MR) is 138 cm³/mol. The minimum absolute atomic E-state index is 0.0648. The third-order valence-corrected chi connectivity index (χ3v) is 6.82. The van der Waals surface area contributed by atoms with Crippen LogP contribution in [0.1, 0.15) is 39.3 Å². The molecule has 3 atom stereocenters. The maximum absolute atomic E-state index is 13.3. The second kappa shape index (κ2) is 11.1. The van der Waals surface area contributed by atoms with Crippen molar-refractivity contribution in [2.24, 2.45) is 0 Å². The van der Waals surface area contributed by atoms with Crippen LogP contribution in [0, 0.1) is 0 Å². The van der Waals surface area contributed by atoms with Crippen molar-refractivity contribution in [1.29, 1.82) is 0 Å². The van der Waals surface area contributed by atoms with Crippen LogP contribution in [-0.4, -0.2) is 61.9 Å². The highest BCUT2D eigenvalue weighted by Gasteiger charge is 2.54. The van der Waals surface area contributed by atoms with E-state index in [0.717, 1.165) is 0 Å². The van der Waals surface area contributed by atoms with Gasteiger partial charge in [-0.2, -0.15) is 0 Å². The number of fused-ring (bicyclic) bond motifs is 1. The van der Waals surface area contributed by atoms with Gasteiger partial charge in [0.15, 0.2) is 0 Å². The quantitative estimate of drug-likeness (QED) is 0.300. The van der Waals surface area contributed by atoms with Gasteiger partial charge < -0.3 is 20.1 Å². The molecule has 2 aliphatic heterocycles. The van der Waals surface area contributed by atoms with Crippen LogP contribution in [0.25, 0.3) is 0 Å². The lowest BCUT2D eigenvalue weighted by atomic mass is 10.0. The Morgan fingerprint density at radius 1 is 1.17 bits per heavy atom. The van der Waals surface area contributed by atoms with Crippen molar-refractivity contribution in [3.05, 3.63) is 47.2 Å². The Morgan fingerprint density at radius 3 is 2.39 bits per heavy atom. The van der Waals surface area contributed by atoms with Gasteiger partial charge in [0, 0.05) is 5.75 Å². The van der Waals surface area contributed by atoms with Gasteiger partial charge in [-0.1, -0.05) is 65.1 Å². The summed E-state index contributed by atoms with van der Waals surface area (Å²) in [6.45, 7) is 6.33. The second-order valence-corrected chi connectivity index (χ2v) is 12.8. The van der Waals surface area contributed by atoms with Crippen LogP contribution in [0.5, 0.6) is 0 Å². The molecule has 0 saturated carbocycles. The summed E-state index contributed by atoms with van der Waals surface area (Å²) in [6, 6.07) is 6.55. The van der Waals surface area contributed by atoms with Crippen LogP contribution < -0.4 is 10.6 Å². The highest BCUT2D eigenvalue weighted by Crippen LogP contribution is 2.41. The minimum Gasteiger partial charge on any atom is -0.456 e. The number of amides is 3. The summed E-state index contributed by atoms with van der Waals surface area (Å²) in [5, 5.41) is 4.73. The number of β-lactam (4-membered cyclic amide) rings is 1. The third kappa shape index (κ3) is 7.00. The molecule has 0 aliphatic carbocycles. The Bertz CT molecular complexity index is 1070. The first kappa shape index (κ1) is 28.4. The predicted octanol–water partition coefficient (Wildman–Crippen LogP) is 3.84. The largest absolute Gasteiger partial charge is 0.456 e. The van der Waals surface area contributed by atoms with Crippen molar-refractivity contribution in [2.75, 3.05) is 12.4 Å². The number of thioether (sulfide) groups is 1. The molecule has 13 heteroatoms. The third-order valence-electron chi connectivity index (χ3n) is 5.07. The topological polar surface area (TPSA) is 114 Å². The van der Waals surface area contributed by atoms with E-state index in [1.54, 1.807) is 58.0 Å². The van der Waals surface area contributed by atoms with Gasteiger partial charge in [-0.25, -0.2) is 9.59 Å². The van der Waals surface area contributed by atoms with Crippen molar-refractivity contribution < 1.29 is 28.7 Å². The molecular formula is C23H26Cl3N3O6S. The molecule has 196 valence electrons. The molecule has 0 spiro atoms. The number of rotatable bonds is 6. The summed E-state index contributed by atoms with van der Waals surface area (Å²) in [5.74, 6) is -1.46. The standard InChI is InChI=1S/C23H26Cl3N3O6S/c1-12-10-36-19-15(18(31)29(19)16(12)20(32)34-11-23(24,25)26)27-17(30)14(13-8-6-5-7-9-13)28-21(33)35-22(2,3)4/h5-9,14-15,19H,10-11H2,1-4H3,(H,27,30)(H,28,33)/t14-,15+,19-/m0/s1. The summed E-state index contributed by atoms with van der Waals surface area (Å²) in [6.07, 6.45) is -0.780. The maximum Gasteiger partial charge on any atom is 0.408 e. The zero-order valence-corrected chi connectivity index (χ0v) is 23.1. The van der Waals surface area contributed by atoms with Gasteiger partial charge in [0.05, 0.1) is 0 Å². The average Bonchev–Trinajstić information content (AvgIpc) is 2.78. The Hall–Kier alpha value is -2.14. The van der Waals surface area contributed by atoms with Crippen LogP contribution in [-0.2, 0) is 23.9 Å². The van der Waals surface area contributed by atoms with E-state index < -0.39 is 57.3 Å². The molecule has 3 rings (SSSR count). The van der Waals surface area contributed by atoms with Crippen LogP contribution in [0.3, 0.4) is 0 Å². The van der Waals surface area contributed by atoms with Gasteiger partial charge in [-0.05, 0) is 38.8 Å². The summed E-state index contributed by atoms with van der Waals surface area (Å²) in [7, 11) is 0. The normalized spacial score (nSPS) is 20.6. The molecule has 0 radical (unpaired) electrons. The Balaban J connectivity index is 1.74. The van der Waals surface area contributed by atoms with Gasteiger partial charge in [-0.3, -0.25) is 14.5 Å². The number of hydrogen-bond donors (Lipinski definition) is 2. The average molecular weight is 579 g/mol. The smallest absolute Gasteiger partial charge is 0.408 e. The first-order valence-corrected chi connectivity index (χ1v) is 13.1. The Labute approximate surface area is 228 Å². The zero-order valence-electron chi connectivity index (χ0n) is 20.0. The fraction of sp³-hybridized carbons (Fsp3) is 0.478. The van der Waals surface area contributed by atoms with E-state index >= 15 is 0 Å². The highest BCUT2D eigenvalue weighted by atomic mass is 35.6. The Kier molecular flexibility index (Phi) is 8.75. The van der Waals surface area contributed by atoms with Gasteiger partial charge >= 0.3 is 12.1 Å². The number of ether oxygens (including phenoxy) is 2. The van der Waals surface area contributed by atoms with E-state index in [-0.39, 0.29) is 5.70 Å². The van der Waals surface area contributed by atoms with Crippen molar-refractivity contribution >= 4 is 70.4 Å². The number of carbonyl (C=O) groups excluding carboxylic acids is 4. The molecule has 1 fully saturated rings. The molecule has 0 unspecified atom stereocenters. The van der Waals surface area contributed by atoms with Crippen molar-refractivity contribution in [2.45, 2.75) is 54.5 Å². The number of carbonyl (C=O) groups is 4. The van der Waals surface area contributed by atoms with E-state index in [9.17, 15) is 19.2 Å². The first-order valence-electron chi connectivity index (χ1n) is 10.9. The van der Waals surface area contributed by atoms with Crippen LogP contribution in [0.2, 0.25) is 0 Å². The molecule has 0 aromatic heterocycles. The molecule has 0 bridgehead atoms. The van der Waals surface area contributed by atoms with Crippen LogP contribution >= 0.6 is 46.6 Å². The highest BCUT2D eigenvalue weighted by molar-refractivity contribution is 8.00. The van der Waals surface area contributed by atoms with Crippen LogP contribution in [0.4, 0.5) is 4.79 Å². The number of hydrogen-bond acceptors (Lipinski definition) is 7. The lowest BCUT2D eigenvalue weighted by Crippen LogP contribution is -2.71. The lowest BCUT2D eigenvalue weighted by Gasteiger charge is -2.49. The van der Waals surface area contributed by atoms with Crippen molar-refractivity contribution in [3.8, 4) is 0 Å². The summed E-state index contributed by atoms with van der Waals surface area (Å²) < 4.78 is 8.57. The molecule has 2 aliphatic rings. The number of alkyl carbamates (subject to hydrolysis) is 1. The van der Waals surface area contributed by atoms with E-state index in [0.29, 0.717) is 16.9 Å². The SMILES string of the molecule is CC1=C(C(=O)OCC(Cl)(Cl)Cl)N2C(=O)[C@@H](NC(=O)[C@@H](NC(=O)OC(C)(C)C)c3ccccc3)[C@@H]2SC1. The van der Waals surface area contributed by atoms with Crippen LogP contribution in [0.15, 0.2) is 41.6 Å². The molecule has 3 amide bonds. The molecule has 1 aromatic carbocycles. The lowest BCUT2D eigenvalue weighted by molar-refractivity contribution is -0.153. The monoisotopic (exact) mass is 577 g/mol. The van der Waals surface area contributed by atoms with E-state index in [1.807, 2.05) is 0 Å². The van der Waals surface area contributed by atoms with Crippen molar-refractivity contribution in [1.82, 2.24) is 15.5 Å². The summed E-state index contributed by atoms with van der Waals surface area (Å²) in [4.78, 5) is 52.6. The molecule has 1 saturated heterocycles. The number of halogens is 3. The zero-order chi connectivity index (χ0) is 26.8. The molecule has 36 heavy (non-hydrogen) atoms. The van der Waals surface area contributed by atoms with Crippen molar-refractivity contribution in [3.63, 3.8) is 0 Å². The molecule has 9 nitrogen and oxygen atoms in total. The summed E-state index contributed by atoms with van der Waals surface area (Å²) in [5.41, 5.74) is 0.427. The number of alkyl halides is 3.